The van der Waals surface area contributed by atoms with Crippen LogP contribution in [0.25, 0.3) is 16.6 Å². The van der Waals surface area contributed by atoms with E-state index in [9.17, 15) is 0 Å². The molecule has 0 aliphatic carbocycles. The molecular weight excluding hydrogens is 280 g/mol. The Kier molecular flexibility index (Phi) is 3.43. The lowest BCUT2D eigenvalue weighted by Crippen LogP contribution is -2.15. The Balaban J connectivity index is 2.31. The fourth-order valence-corrected chi connectivity index (χ4v) is 2.47. The van der Waals surface area contributed by atoms with Gasteiger partial charge in [0.1, 0.15) is 4.99 Å². The molecule has 0 fully saturated rings. The third kappa shape index (κ3) is 2.40. The lowest BCUT2D eigenvalue weighted by atomic mass is 10.1. The van der Waals surface area contributed by atoms with Gasteiger partial charge in [-0.3, -0.25) is 4.98 Å². The van der Waals surface area contributed by atoms with Crippen LogP contribution in [0.2, 0.25) is 0 Å². The van der Waals surface area contributed by atoms with Gasteiger partial charge in [0.2, 0.25) is 0 Å². The lowest BCUT2D eigenvalue weighted by molar-refractivity contribution is 0.770. The standard InChI is InChI=1S/C16H16N4S/c1-10(2)13-7-8-20(19-13)15-11-5-3-4-6-14(11)18-9-12(15)16(17)21/h3-10H,1-2H3,(H2,17,21). The Labute approximate surface area is 128 Å². The average molecular weight is 296 g/mol. The van der Waals surface area contributed by atoms with Crippen LogP contribution in [0.4, 0.5) is 0 Å². The smallest absolute Gasteiger partial charge is 0.107 e. The molecular formula is C16H16N4S. The molecule has 0 saturated heterocycles. The van der Waals surface area contributed by atoms with E-state index < -0.39 is 0 Å². The number of para-hydroxylation sites is 1. The van der Waals surface area contributed by atoms with Crippen molar-refractivity contribution in [3.8, 4) is 5.69 Å². The van der Waals surface area contributed by atoms with Crippen molar-refractivity contribution in [3.05, 3.63) is 54.0 Å². The van der Waals surface area contributed by atoms with Gasteiger partial charge in [0.15, 0.2) is 0 Å². The Morgan fingerprint density at radius 1 is 1.24 bits per heavy atom. The minimum absolute atomic E-state index is 0.324. The summed E-state index contributed by atoms with van der Waals surface area (Å²) < 4.78 is 1.84. The van der Waals surface area contributed by atoms with Crippen LogP contribution in [-0.4, -0.2) is 19.8 Å². The fraction of sp³-hybridized carbons (Fsp3) is 0.188. The molecule has 0 atom stereocenters. The molecule has 0 amide bonds. The highest BCUT2D eigenvalue weighted by molar-refractivity contribution is 7.80. The van der Waals surface area contributed by atoms with Crippen LogP contribution in [0.15, 0.2) is 42.7 Å². The van der Waals surface area contributed by atoms with E-state index in [0.717, 1.165) is 27.8 Å². The summed E-state index contributed by atoms with van der Waals surface area (Å²) in [5, 5.41) is 5.63. The largest absolute Gasteiger partial charge is 0.389 e. The first-order chi connectivity index (χ1) is 10.1. The van der Waals surface area contributed by atoms with E-state index in [-0.39, 0.29) is 0 Å². The summed E-state index contributed by atoms with van der Waals surface area (Å²) in [5.74, 6) is 0.368. The number of hydrogen-bond acceptors (Lipinski definition) is 3. The van der Waals surface area contributed by atoms with E-state index >= 15 is 0 Å². The van der Waals surface area contributed by atoms with Crippen molar-refractivity contribution in [3.63, 3.8) is 0 Å². The monoisotopic (exact) mass is 296 g/mol. The average Bonchev–Trinajstić information content (AvgIpc) is 2.95. The summed E-state index contributed by atoms with van der Waals surface area (Å²) >= 11 is 5.17. The number of pyridine rings is 1. The Morgan fingerprint density at radius 2 is 2.00 bits per heavy atom. The molecule has 1 aromatic carbocycles. The van der Waals surface area contributed by atoms with Crippen LogP contribution in [0.1, 0.15) is 31.0 Å². The zero-order valence-corrected chi connectivity index (χ0v) is 12.8. The van der Waals surface area contributed by atoms with Crippen molar-refractivity contribution in [2.75, 3.05) is 0 Å². The molecule has 21 heavy (non-hydrogen) atoms. The van der Waals surface area contributed by atoms with Gasteiger partial charge in [-0.15, -0.1) is 0 Å². The van der Waals surface area contributed by atoms with Crippen LogP contribution in [0, 0.1) is 0 Å². The summed E-state index contributed by atoms with van der Waals surface area (Å²) in [5.41, 5.74) is 9.42. The molecule has 2 N–H and O–H groups in total. The maximum atomic E-state index is 5.86. The third-order valence-electron chi connectivity index (χ3n) is 3.44. The summed E-state index contributed by atoms with van der Waals surface area (Å²) in [4.78, 5) is 4.75. The molecule has 0 bridgehead atoms. The number of benzene rings is 1. The zero-order chi connectivity index (χ0) is 15.0. The van der Waals surface area contributed by atoms with Crippen molar-refractivity contribution in [2.24, 2.45) is 5.73 Å². The van der Waals surface area contributed by atoms with E-state index in [1.807, 2.05) is 41.2 Å². The van der Waals surface area contributed by atoms with E-state index in [4.69, 9.17) is 18.0 Å². The van der Waals surface area contributed by atoms with Crippen LogP contribution in [-0.2, 0) is 0 Å². The van der Waals surface area contributed by atoms with Crippen molar-refractivity contribution in [2.45, 2.75) is 19.8 Å². The number of fused-ring (bicyclic) bond motifs is 1. The maximum Gasteiger partial charge on any atom is 0.107 e. The van der Waals surface area contributed by atoms with Crippen molar-refractivity contribution in [1.82, 2.24) is 14.8 Å². The first-order valence-electron chi connectivity index (χ1n) is 6.81. The van der Waals surface area contributed by atoms with Gasteiger partial charge in [0.25, 0.3) is 0 Å². The van der Waals surface area contributed by atoms with Gasteiger partial charge in [0, 0.05) is 17.8 Å². The van der Waals surface area contributed by atoms with Gasteiger partial charge in [-0.25, -0.2) is 4.68 Å². The Hall–Kier alpha value is -2.27. The third-order valence-corrected chi connectivity index (χ3v) is 3.66. The Bertz CT molecular complexity index is 820. The SMILES string of the molecule is CC(C)c1ccn(-c2c(C(N)=S)cnc3ccccc23)n1. The van der Waals surface area contributed by atoms with E-state index in [0.29, 0.717) is 10.9 Å². The summed E-state index contributed by atoms with van der Waals surface area (Å²) in [6, 6.07) is 9.93. The normalized spacial score (nSPS) is 11.2. The molecule has 4 nitrogen and oxygen atoms in total. The maximum absolute atomic E-state index is 5.86. The first kappa shape index (κ1) is 13.7. The molecule has 0 aliphatic heterocycles. The molecule has 0 unspecified atom stereocenters. The minimum Gasteiger partial charge on any atom is -0.389 e. The van der Waals surface area contributed by atoms with Gasteiger partial charge >= 0.3 is 0 Å². The second-order valence-corrected chi connectivity index (χ2v) is 5.68. The van der Waals surface area contributed by atoms with Crippen LogP contribution in [0.5, 0.6) is 0 Å². The quantitative estimate of drug-likeness (QED) is 0.754. The number of aromatic nitrogens is 3. The summed E-state index contributed by atoms with van der Waals surface area (Å²) in [6.07, 6.45) is 3.66. The number of hydrogen-bond donors (Lipinski definition) is 1. The summed E-state index contributed by atoms with van der Waals surface area (Å²) in [6.45, 7) is 4.23. The molecule has 0 radical (unpaired) electrons. The number of rotatable bonds is 3. The first-order valence-corrected chi connectivity index (χ1v) is 7.22. The van der Waals surface area contributed by atoms with Crippen molar-refractivity contribution < 1.29 is 0 Å². The topological polar surface area (TPSA) is 56.7 Å². The highest BCUT2D eigenvalue weighted by Gasteiger charge is 2.14. The molecule has 2 aromatic heterocycles. The molecule has 2 heterocycles. The highest BCUT2D eigenvalue weighted by Crippen LogP contribution is 2.25. The van der Waals surface area contributed by atoms with Gasteiger partial charge < -0.3 is 5.73 Å². The number of nitrogens with zero attached hydrogens (tertiary/aromatic N) is 3. The van der Waals surface area contributed by atoms with Gasteiger partial charge in [0.05, 0.1) is 22.5 Å². The van der Waals surface area contributed by atoms with E-state index in [2.05, 4.69) is 23.9 Å². The molecule has 0 saturated carbocycles. The van der Waals surface area contributed by atoms with Gasteiger partial charge in [-0.2, -0.15) is 5.10 Å². The molecule has 5 heteroatoms. The summed E-state index contributed by atoms with van der Waals surface area (Å²) in [7, 11) is 0. The number of thiocarbonyl (C=S) groups is 1. The van der Waals surface area contributed by atoms with Crippen LogP contribution >= 0.6 is 12.2 Å². The molecule has 0 aliphatic rings. The second kappa shape index (κ2) is 5.26. The molecule has 3 aromatic rings. The van der Waals surface area contributed by atoms with Crippen LogP contribution in [0.3, 0.4) is 0 Å². The fourth-order valence-electron chi connectivity index (χ4n) is 2.32. The predicted molar refractivity (Wildman–Crippen MR) is 88.8 cm³/mol. The molecule has 106 valence electrons. The van der Waals surface area contributed by atoms with Gasteiger partial charge in [-0.05, 0) is 18.1 Å². The Morgan fingerprint density at radius 3 is 2.67 bits per heavy atom. The van der Waals surface area contributed by atoms with Gasteiger partial charge in [-0.1, -0.05) is 44.3 Å². The second-order valence-electron chi connectivity index (χ2n) is 5.24. The lowest BCUT2D eigenvalue weighted by Gasteiger charge is -2.11. The van der Waals surface area contributed by atoms with Crippen LogP contribution < -0.4 is 5.73 Å². The predicted octanol–water partition coefficient (Wildman–Crippen LogP) is 3.18. The zero-order valence-electron chi connectivity index (χ0n) is 11.9. The minimum atomic E-state index is 0.324. The van der Waals surface area contributed by atoms with E-state index in [1.54, 1.807) is 6.20 Å². The number of nitrogens with two attached hydrogens (primary N) is 1. The van der Waals surface area contributed by atoms with Crippen molar-refractivity contribution >= 4 is 28.1 Å². The molecule has 0 spiro atoms. The van der Waals surface area contributed by atoms with Crippen molar-refractivity contribution in [1.29, 1.82) is 0 Å². The highest BCUT2D eigenvalue weighted by atomic mass is 32.1. The molecule has 3 rings (SSSR count). The van der Waals surface area contributed by atoms with E-state index in [1.165, 1.54) is 0 Å².